The molecule has 1 heterocycles. The number of hydrogen-bond acceptors (Lipinski definition) is 5. The molecule has 8 nitrogen and oxygen atoms in total. The molecule has 0 saturated carbocycles. The Labute approximate surface area is 193 Å². The molecule has 2 amide bonds. The fraction of sp³-hybridized carbons (Fsp3) is 0.360. The summed E-state index contributed by atoms with van der Waals surface area (Å²) in [6.07, 6.45) is 2.25. The molecule has 2 N–H and O–H groups in total. The summed E-state index contributed by atoms with van der Waals surface area (Å²) in [6.45, 7) is 6.76. The maximum absolute atomic E-state index is 13.1. The van der Waals surface area contributed by atoms with E-state index in [1.807, 2.05) is 13.8 Å². The van der Waals surface area contributed by atoms with Gasteiger partial charge in [-0.3, -0.25) is 14.9 Å². The third-order valence-electron chi connectivity index (χ3n) is 4.97. The van der Waals surface area contributed by atoms with Gasteiger partial charge in [0.05, 0.1) is 12.0 Å². The lowest BCUT2D eigenvalue weighted by atomic mass is 10.1. The highest BCUT2D eigenvalue weighted by atomic mass is 16.5. The van der Waals surface area contributed by atoms with Gasteiger partial charge in [0.1, 0.15) is 0 Å². The lowest BCUT2D eigenvalue weighted by molar-refractivity contribution is 0.102. The van der Waals surface area contributed by atoms with Gasteiger partial charge in [-0.15, -0.1) is 0 Å². The first kappa shape index (κ1) is 24.0. The molecule has 0 unspecified atom stereocenters. The van der Waals surface area contributed by atoms with Gasteiger partial charge in [0.25, 0.3) is 11.5 Å². The van der Waals surface area contributed by atoms with E-state index < -0.39 is 12.0 Å². The van der Waals surface area contributed by atoms with Crippen molar-refractivity contribution in [3.8, 4) is 0 Å². The third kappa shape index (κ3) is 6.41. The van der Waals surface area contributed by atoms with Crippen LogP contribution in [0, 0.1) is 5.92 Å². The number of rotatable bonds is 9. The summed E-state index contributed by atoms with van der Waals surface area (Å²) in [4.78, 5) is 37.9. The van der Waals surface area contributed by atoms with Gasteiger partial charge < -0.3 is 10.1 Å². The minimum Gasteiger partial charge on any atom is -0.449 e. The zero-order valence-electron chi connectivity index (χ0n) is 19.3. The lowest BCUT2D eigenvalue weighted by Gasteiger charge is -2.12. The van der Waals surface area contributed by atoms with E-state index in [9.17, 15) is 14.4 Å². The fourth-order valence-electron chi connectivity index (χ4n) is 3.33. The second kappa shape index (κ2) is 11.3. The summed E-state index contributed by atoms with van der Waals surface area (Å²) in [5.41, 5.74) is 0.945. The van der Waals surface area contributed by atoms with Crippen molar-refractivity contribution < 1.29 is 14.3 Å². The Hall–Kier alpha value is -3.68. The predicted molar refractivity (Wildman–Crippen MR) is 130 cm³/mol. The Morgan fingerprint density at radius 3 is 2.39 bits per heavy atom. The first-order valence-corrected chi connectivity index (χ1v) is 11.2. The minimum atomic E-state index is -0.556. The molecule has 0 radical (unpaired) electrons. The molecular formula is C25H30N4O4. The highest BCUT2D eigenvalue weighted by molar-refractivity contribution is 6.11. The number of ether oxygens (including phenoxy) is 1. The van der Waals surface area contributed by atoms with Crippen LogP contribution in [0.15, 0.2) is 53.3 Å². The van der Waals surface area contributed by atoms with Gasteiger partial charge in [-0.2, -0.15) is 5.10 Å². The van der Waals surface area contributed by atoms with Crippen LogP contribution >= 0.6 is 0 Å². The minimum absolute atomic E-state index is 0.177. The summed E-state index contributed by atoms with van der Waals surface area (Å²) in [5, 5.41) is 10.8. The molecule has 0 aliphatic rings. The molecule has 174 valence electrons. The average Bonchev–Trinajstić information content (AvgIpc) is 2.79. The summed E-state index contributed by atoms with van der Waals surface area (Å²) >= 11 is 0. The molecule has 33 heavy (non-hydrogen) atoms. The molecule has 0 aliphatic heterocycles. The molecule has 2 aromatic carbocycles. The summed E-state index contributed by atoms with van der Waals surface area (Å²) < 4.78 is 6.50. The molecule has 3 aromatic rings. The molecule has 0 atom stereocenters. The summed E-state index contributed by atoms with van der Waals surface area (Å²) in [5.74, 6) is -0.205. The van der Waals surface area contributed by atoms with Crippen molar-refractivity contribution in [1.82, 2.24) is 9.78 Å². The van der Waals surface area contributed by atoms with Crippen LogP contribution in [0.2, 0.25) is 0 Å². The van der Waals surface area contributed by atoms with E-state index >= 15 is 0 Å². The number of carbonyl (C=O) groups is 2. The SMILES string of the molecule is CCCCCn1nc(C(=O)Nc2cccc(NC(=O)OCC(C)C)c2)c2ccccc2c1=O. The Balaban J connectivity index is 1.83. The van der Waals surface area contributed by atoms with Crippen LogP contribution in [0.3, 0.4) is 0 Å². The molecular weight excluding hydrogens is 420 g/mol. The van der Waals surface area contributed by atoms with Gasteiger partial charge in [-0.25, -0.2) is 9.48 Å². The van der Waals surface area contributed by atoms with Crippen molar-refractivity contribution in [2.24, 2.45) is 5.92 Å². The van der Waals surface area contributed by atoms with E-state index in [1.54, 1.807) is 48.5 Å². The van der Waals surface area contributed by atoms with Crippen molar-refractivity contribution in [3.05, 3.63) is 64.6 Å². The summed E-state index contributed by atoms with van der Waals surface area (Å²) in [6, 6.07) is 13.7. The number of aryl methyl sites for hydroxylation is 1. The van der Waals surface area contributed by atoms with Crippen LogP contribution in [-0.2, 0) is 11.3 Å². The average molecular weight is 451 g/mol. The van der Waals surface area contributed by atoms with Crippen LogP contribution in [0.1, 0.15) is 50.5 Å². The van der Waals surface area contributed by atoms with Crippen LogP contribution in [0.4, 0.5) is 16.2 Å². The van der Waals surface area contributed by atoms with Crippen LogP contribution in [0.5, 0.6) is 0 Å². The van der Waals surface area contributed by atoms with E-state index in [0.717, 1.165) is 19.3 Å². The second-order valence-electron chi connectivity index (χ2n) is 8.28. The number of nitrogens with one attached hydrogen (secondary N) is 2. The van der Waals surface area contributed by atoms with Crippen molar-refractivity contribution in [2.75, 3.05) is 17.2 Å². The highest BCUT2D eigenvalue weighted by Crippen LogP contribution is 2.19. The maximum atomic E-state index is 13.1. The molecule has 0 saturated heterocycles. The standard InChI is InChI=1S/C25H30N4O4/c1-4-5-8-14-29-24(31)21-13-7-6-12-20(21)22(28-29)23(30)26-18-10-9-11-19(15-18)27-25(32)33-16-17(2)3/h6-7,9-13,15,17H,4-5,8,14,16H2,1-3H3,(H,26,30)(H,27,32). The van der Waals surface area contributed by atoms with E-state index in [4.69, 9.17) is 4.74 Å². The number of unbranched alkanes of at least 4 members (excludes halogenated alkanes) is 2. The molecule has 0 aliphatic carbocycles. The number of aromatic nitrogens is 2. The predicted octanol–water partition coefficient (Wildman–Crippen LogP) is 5.04. The number of carbonyl (C=O) groups excluding carboxylic acids is 2. The lowest BCUT2D eigenvalue weighted by Crippen LogP contribution is -2.27. The molecule has 8 heteroatoms. The Morgan fingerprint density at radius 1 is 1.00 bits per heavy atom. The maximum Gasteiger partial charge on any atom is 0.411 e. The van der Waals surface area contributed by atoms with Gasteiger partial charge in [-0.05, 0) is 36.6 Å². The van der Waals surface area contributed by atoms with E-state index in [-0.39, 0.29) is 17.2 Å². The zero-order chi connectivity index (χ0) is 23.8. The Morgan fingerprint density at radius 2 is 1.70 bits per heavy atom. The van der Waals surface area contributed by atoms with E-state index in [2.05, 4.69) is 22.7 Å². The highest BCUT2D eigenvalue weighted by Gasteiger charge is 2.17. The quantitative estimate of drug-likeness (QED) is 0.445. The molecule has 3 rings (SSSR count). The topological polar surface area (TPSA) is 102 Å². The number of amides is 2. The second-order valence-corrected chi connectivity index (χ2v) is 8.28. The first-order chi connectivity index (χ1) is 15.9. The largest absolute Gasteiger partial charge is 0.449 e. The molecule has 1 aromatic heterocycles. The van der Waals surface area contributed by atoms with Gasteiger partial charge in [0.2, 0.25) is 0 Å². The van der Waals surface area contributed by atoms with Gasteiger partial charge >= 0.3 is 6.09 Å². The fourth-order valence-corrected chi connectivity index (χ4v) is 3.33. The molecule has 0 bridgehead atoms. The van der Waals surface area contributed by atoms with Crippen LogP contribution in [0.25, 0.3) is 10.8 Å². The van der Waals surface area contributed by atoms with Crippen molar-refractivity contribution in [1.29, 1.82) is 0 Å². The number of fused-ring (bicyclic) bond motifs is 1. The number of anilines is 2. The van der Waals surface area contributed by atoms with Crippen LogP contribution < -0.4 is 16.2 Å². The van der Waals surface area contributed by atoms with E-state index in [1.165, 1.54) is 4.68 Å². The number of hydrogen-bond donors (Lipinski definition) is 2. The summed E-state index contributed by atoms with van der Waals surface area (Å²) in [7, 11) is 0. The van der Waals surface area contributed by atoms with Crippen LogP contribution in [-0.4, -0.2) is 28.4 Å². The Kier molecular flexibility index (Phi) is 8.18. The monoisotopic (exact) mass is 450 g/mol. The first-order valence-electron chi connectivity index (χ1n) is 11.2. The van der Waals surface area contributed by atoms with Crippen molar-refractivity contribution in [3.63, 3.8) is 0 Å². The Bertz CT molecular complexity index is 1190. The third-order valence-corrected chi connectivity index (χ3v) is 4.97. The van der Waals surface area contributed by atoms with E-state index in [0.29, 0.717) is 35.3 Å². The van der Waals surface area contributed by atoms with Crippen molar-refractivity contribution in [2.45, 2.75) is 46.6 Å². The molecule has 0 spiro atoms. The van der Waals surface area contributed by atoms with Gasteiger partial charge in [0, 0.05) is 23.3 Å². The zero-order valence-corrected chi connectivity index (χ0v) is 19.3. The number of nitrogens with zero attached hydrogens (tertiary/aromatic N) is 2. The van der Waals surface area contributed by atoms with Crippen molar-refractivity contribution >= 4 is 34.1 Å². The van der Waals surface area contributed by atoms with Gasteiger partial charge in [0.15, 0.2) is 5.69 Å². The van der Waals surface area contributed by atoms with Gasteiger partial charge in [-0.1, -0.05) is 57.9 Å². The molecule has 0 fully saturated rings. The normalized spacial score (nSPS) is 10.9. The smallest absolute Gasteiger partial charge is 0.411 e. The number of benzene rings is 2.